The van der Waals surface area contributed by atoms with Gasteiger partial charge in [-0.05, 0) is 31.2 Å². The summed E-state index contributed by atoms with van der Waals surface area (Å²) in [7, 11) is -3.74. The number of benzene rings is 1. The maximum atomic E-state index is 12.3. The number of aromatic amines is 1. The Hall–Kier alpha value is -1.64. The number of thiazole rings is 1. The molecule has 2 rings (SSSR count). The second-order valence-electron chi connectivity index (χ2n) is 4.51. The Morgan fingerprint density at radius 3 is 2.71 bits per heavy atom. The van der Waals surface area contributed by atoms with E-state index in [1.165, 1.54) is 0 Å². The van der Waals surface area contributed by atoms with E-state index in [1.54, 1.807) is 25.1 Å². The van der Waals surface area contributed by atoms with Crippen molar-refractivity contribution < 1.29 is 8.42 Å². The van der Waals surface area contributed by atoms with Crippen LogP contribution < -0.4 is 14.9 Å². The van der Waals surface area contributed by atoms with Crippen molar-refractivity contribution in [3.63, 3.8) is 0 Å². The van der Waals surface area contributed by atoms with Gasteiger partial charge in [0, 0.05) is 17.9 Å². The van der Waals surface area contributed by atoms with Crippen LogP contribution in [0.3, 0.4) is 0 Å². The minimum Gasteiger partial charge on any atom is -0.315 e. The second kappa shape index (κ2) is 6.42. The molecule has 0 atom stereocenters. The van der Waals surface area contributed by atoms with Crippen LogP contribution in [0.25, 0.3) is 0 Å². The lowest BCUT2D eigenvalue weighted by Crippen LogP contribution is -2.14. The van der Waals surface area contributed by atoms with E-state index < -0.39 is 10.0 Å². The monoisotopic (exact) mass is 327 g/mol. The maximum absolute atomic E-state index is 12.3. The lowest BCUT2D eigenvalue weighted by Gasteiger charge is -2.09. The van der Waals surface area contributed by atoms with Gasteiger partial charge >= 0.3 is 4.87 Å². The number of aryl methyl sites for hydroxylation is 1. The van der Waals surface area contributed by atoms with Crippen LogP contribution in [0, 0.1) is 6.92 Å². The zero-order chi connectivity index (χ0) is 15.5. The highest BCUT2D eigenvalue weighted by molar-refractivity contribution is 7.94. The lowest BCUT2D eigenvalue weighted by atomic mass is 10.2. The number of sulfonamides is 1. The molecule has 0 unspecified atom stereocenters. The molecule has 0 saturated heterocycles. The largest absolute Gasteiger partial charge is 0.315 e. The number of H-pyrrole nitrogens is 1. The molecule has 0 aliphatic heterocycles. The summed E-state index contributed by atoms with van der Waals surface area (Å²) in [5, 5.41) is 3.18. The molecule has 21 heavy (non-hydrogen) atoms. The van der Waals surface area contributed by atoms with Crippen molar-refractivity contribution in [2.75, 3.05) is 11.3 Å². The van der Waals surface area contributed by atoms with Crippen molar-refractivity contribution in [1.82, 2.24) is 10.3 Å². The molecule has 0 spiro atoms. The minimum absolute atomic E-state index is 0.0181. The van der Waals surface area contributed by atoms with E-state index in [0.29, 0.717) is 29.3 Å². The standard InChI is InChI=1S/C13H17N3O3S2/c1-3-14-8-10-5-4-6-11(7-10)16-21(18,19)12-9(2)15-13(17)20-12/h4-7,14,16H,3,8H2,1-2H3,(H,15,17). The summed E-state index contributed by atoms with van der Waals surface area (Å²) in [5.41, 5.74) is 1.81. The van der Waals surface area contributed by atoms with Crippen molar-refractivity contribution >= 4 is 27.0 Å². The zero-order valence-electron chi connectivity index (χ0n) is 11.8. The topological polar surface area (TPSA) is 91.1 Å². The van der Waals surface area contributed by atoms with Crippen LogP contribution in [0.2, 0.25) is 0 Å². The first-order valence-electron chi connectivity index (χ1n) is 6.44. The van der Waals surface area contributed by atoms with Crippen molar-refractivity contribution in [3.8, 4) is 0 Å². The SMILES string of the molecule is CCNCc1cccc(NS(=O)(=O)c2sc(=O)[nH]c2C)c1. The van der Waals surface area contributed by atoms with Gasteiger partial charge < -0.3 is 10.3 Å². The Morgan fingerprint density at radius 2 is 2.10 bits per heavy atom. The highest BCUT2D eigenvalue weighted by atomic mass is 32.2. The van der Waals surface area contributed by atoms with E-state index in [4.69, 9.17) is 0 Å². The molecule has 0 radical (unpaired) electrons. The van der Waals surface area contributed by atoms with Crippen LogP contribution >= 0.6 is 11.3 Å². The molecule has 0 bridgehead atoms. The molecule has 6 nitrogen and oxygen atoms in total. The second-order valence-corrected chi connectivity index (χ2v) is 7.37. The summed E-state index contributed by atoms with van der Waals surface area (Å²) in [6.45, 7) is 5.08. The van der Waals surface area contributed by atoms with Gasteiger partial charge in [0.25, 0.3) is 10.0 Å². The number of aromatic nitrogens is 1. The van der Waals surface area contributed by atoms with Crippen molar-refractivity contribution in [1.29, 1.82) is 0 Å². The van der Waals surface area contributed by atoms with Gasteiger partial charge in [-0.25, -0.2) is 8.42 Å². The molecular weight excluding hydrogens is 310 g/mol. The number of nitrogens with one attached hydrogen (secondary N) is 3. The molecule has 1 aromatic carbocycles. The normalized spacial score (nSPS) is 11.5. The van der Waals surface area contributed by atoms with Gasteiger partial charge in [0.1, 0.15) is 0 Å². The Bertz CT molecular complexity index is 778. The quantitative estimate of drug-likeness (QED) is 0.752. The number of hydrogen-bond acceptors (Lipinski definition) is 5. The molecule has 0 aliphatic rings. The first kappa shape index (κ1) is 15.7. The fourth-order valence-corrected chi connectivity index (χ4v) is 4.21. The number of rotatable bonds is 6. The summed E-state index contributed by atoms with van der Waals surface area (Å²) in [4.78, 5) is 13.3. The molecule has 1 heterocycles. The van der Waals surface area contributed by atoms with E-state index in [-0.39, 0.29) is 9.08 Å². The van der Waals surface area contributed by atoms with Crippen LogP contribution in [0.4, 0.5) is 5.69 Å². The fraction of sp³-hybridized carbons (Fsp3) is 0.308. The lowest BCUT2D eigenvalue weighted by molar-refractivity contribution is 0.602. The van der Waals surface area contributed by atoms with Gasteiger partial charge in [0.05, 0.1) is 0 Å². The van der Waals surface area contributed by atoms with Gasteiger partial charge in [-0.1, -0.05) is 30.4 Å². The van der Waals surface area contributed by atoms with E-state index in [2.05, 4.69) is 15.0 Å². The first-order valence-corrected chi connectivity index (χ1v) is 8.74. The van der Waals surface area contributed by atoms with Gasteiger partial charge in [-0.15, -0.1) is 0 Å². The Morgan fingerprint density at radius 1 is 1.33 bits per heavy atom. The molecule has 0 saturated carbocycles. The first-order chi connectivity index (χ1) is 9.92. The molecule has 1 aromatic heterocycles. The highest BCUT2D eigenvalue weighted by Crippen LogP contribution is 2.20. The summed E-state index contributed by atoms with van der Waals surface area (Å²) in [6.07, 6.45) is 0. The Balaban J connectivity index is 2.24. The van der Waals surface area contributed by atoms with E-state index in [9.17, 15) is 13.2 Å². The zero-order valence-corrected chi connectivity index (χ0v) is 13.4. The fourth-order valence-electron chi connectivity index (χ4n) is 1.86. The average Bonchev–Trinajstić information content (AvgIpc) is 2.76. The number of hydrogen-bond donors (Lipinski definition) is 3. The third-order valence-electron chi connectivity index (χ3n) is 2.78. The molecule has 0 fully saturated rings. The minimum atomic E-state index is -3.74. The smallest absolute Gasteiger partial charge is 0.306 e. The molecule has 0 amide bonds. The van der Waals surface area contributed by atoms with Crippen LogP contribution in [0.15, 0.2) is 33.3 Å². The molecule has 3 N–H and O–H groups in total. The predicted octanol–water partition coefficient (Wildman–Crippen LogP) is 1.66. The van der Waals surface area contributed by atoms with Crippen LogP contribution in [0.5, 0.6) is 0 Å². The molecular formula is C13H17N3O3S2. The van der Waals surface area contributed by atoms with Crippen LogP contribution in [0.1, 0.15) is 18.2 Å². The predicted molar refractivity (Wildman–Crippen MR) is 84.3 cm³/mol. The highest BCUT2D eigenvalue weighted by Gasteiger charge is 2.20. The van der Waals surface area contributed by atoms with E-state index in [1.807, 2.05) is 13.0 Å². The molecule has 114 valence electrons. The third-order valence-corrected chi connectivity index (χ3v) is 5.77. The summed E-state index contributed by atoms with van der Waals surface area (Å²) >= 11 is 0.685. The Kier molecular flexibility index (Phi) is 4.81. The van der Waals surface area contributed by atoms with Crippen molar-refractivity contribution in [2.24, 2.45) is 0 Å². The van der Waals surface area contributed by atoms with Crippen molar-refractivity contribution in [2.45, 2.75) is 24.6 Å². The summed E-state index contributed by atoms with van der Waals surface area (Å²) in [6, 6.07) is 7.15. The summed E-state index contributed by atoms with van der Waals surface area (Å²) in [5.74, 6) is 0. The molecule has 8 heteroatoms. The van der Waals surface area contributed by atoms with Crippen LogP contribution in [-0.2, 0) is 16.6 Å². The maximum Gasteiger partial charge on any atom is 0.306 e. The van der Waals surface area contributed by atoms with Gasteiger partial charge in [-0.3, -0.25) is 9.52 Å². The summed E-state index contributed by atoms with van der Waals surface area (Å²) < 4.78 is 27.1. The van der Waals surface area contributed by atoms with Gasteiger partial charge in [0.2, 0.25) is 0 Å². The third kappa shape index (κ3) is 3.93. The molecule has 0 aliphatic carbocycles. The van der Waals surface area contributed by atoms with Gasteiger partial charge in [0.15, 0.2) is 4.21 Å². The Labute approximate surface area is 127 Å². The van der Waals surface area contributed by atoms with E-state index in [0.717, 1.165) is 12.1 Å². The van der Waals surface area contributed by atoms with Crippen molar-refractivity contribution in [3.05, 3.63) is 45.2 Å². The van der Waals surface area contributed by atoms with Gasteiger partial charge in [-0.2, -0.15) is 0 Å². The van der Waals surface area contributed by atoms with Crippen LogP contribution in [-0.4, -0.2) is 19.9 Å². The van der Waals surface area contributed by atoms with E-state index >= 15 is 0 Å². The average molecular weight is 327 g/mol. The number of anilines is 1. The molecule has 2 aromatic rings.